The quantitative estimate of drug-likeness (QED) is 0.588. The van der Waals surface area contributed by atoms with Gasteiger partial charge in [0.25, 0.3) is 0 Å². The molecule has 0 bridgehead atoms. The molecule has 1 aromatic heterocycles. The summed E-state index contributed by atoms with van der Waals surface area (Å²) in [5, 5.41) is 3.06. The monoisotopic (exact) mass is 449 g/mol. The zero-order valence-electron chi connectivity index (χ0n) is 20.2. The molecule has 1 amide bonds. The van der Waals surface area contributed by atoms with Gasteiger partial charge in [-0.1, -0.05) is 49.6 Å². The van der Waals surface area contributed by atoms with E-state index in [9.17, 15) is 9.59 Å². The summed E-state index contributed by atoms with van der Waals surface area (Å²) in [5.74, 6) is 0.520. The van der Waals surface area contributed by atoms with Crippen molar-refractivity contribution in [2.24, 2.45) is 11.8 Å². The first kappa shape index (κ1) is 23.7. The van der Waals surface area contributed by atoms with Crippen molar-refractivity contribution >= 4 is 11.7 Å². The Morgan fingerprint density at radius 3 is 2.52 bits per heavy atom. The summed E-state index contributed by atoms with van der Waals surface area (Å²) in [6, 6.07) is 12.5. The standard InChI is InChI=1S/C28H39N3O2/c1-21(29-2)27(32)18-25(23-12-7-4-8-13-23)28(33)31-16-9-14-26(31)24-15-17-30(20-24)19-22-10-5-3-6-11-22/h3,5-6,10-11,15,17,20-21,23,25-26,29H,4,7-9,12-14,16,18-19H2,1-2H3/t21-,25-,26-/m0/s1. The van der Waals surface area contributed by atoms with Gasteiger partial charge in [-0.2, -0.15) is 0 Å². The Morgan fingerprint density at radius 2 is 1.79 bits per heavy atom. The minimum atomic E-state index is -0.203. The van der Waals surface area contributed by atoms with Gasteiger partial charge < -0.3 is 14.8 Å². The number of hydrogen-bond donors (Lipinski definition) is 1. The lowest BCUT2D eigenvalue weighted by Gasteiger charge is -2.34. The van der Waals surface area contributed by atoms with Gasteiger partial charge in [-0.25, -0.2) is 0 Å². The fraction of sp³-hybridized carbons (Fsp3) is 0.571. The van der Waals surface area contributed by atoms with Crippen molar-refractivity contribution in [1.82, 2.24) is 14.8 Å². The van der Waals surface area contributed by atoms with Crippen LogP contribution in [0.2, 0.25) is 0 Å². The number of benzene rings is 1. The number of likely N-dealkylation sites (tertiary alicyclic amines) is 1. The first-order valence-corrected chi connectivity index (χ1v) is 12.8. The molecule has 5 nitrogen and oxygen atoms in total. The van der Waals surface area contributed by atoms with Gasteiger partial charge in [0.15, 0.2) is 0 Å². The number of carbonyl (C=O) groups excluding carboxylic acids is 2. The number of rotatable bonds is 9. The molecule has 4 rings (SSSR count). The van der Waals surface area contributed by atoms with Crippen LogP contribution >= 0.6 is 0 Å². The van der Waals surface area contributed by atoms with Crippen LogP contribution in [-0.4, -0.2) is 40.8 Å². The molecule has 0 spiro atoms. The van der Waals surface area contributed by atoms with Crippen molar-refractivity contribution in [3.05, 3.63) is 59.9 Å². The number of hydrogen-bond acceptors (Lipinski definition) is 3. The van der Waals surface area contributed by atoms with Crippen molar-refractivity contribution in [1.29, 1.82) is 0 Å². The number of amides is 1. The van der Waals surface area contributed by atoms with Crippen molar-refractivity contribution < 1.29 is 9.59 Å². The Morgan fingerprint density at radius 1 is 1.03 bits per heavy atom. The van der Waals surface area contributed by atoms with Gasteiger partial charge in [-0.3, -0.25) is 9.59 Å². The maximum atomic E-state index is 13.9. The topological polar surface area (TPSA) is 54.3 Å². The lowest BCUT2D eigenvalue weighted by atomic mass is 9.76. The van der Waals surface area contributed by atoms with E-state index in [0.717, 1.165) is 38.8 Å². The summed E-state index contributed by atoms with van der Waals surface area (Å²) >= 11 is 0. The molecule has 1 saturated heterocycles. The van der Waals surface area contributed by atoms with E-state index in [-0.39, 0.29) is 29.7 Å². The second kappa shape index (κ2) is 11.1. The smallest absolute Gasteiger partial charge is 0.226 e. The number of nitrogens with one attached hydrogen (secondary N) is 1. The molecule has 33 heavy (non-hydrogen) atoms. The van der Waals surface area contributed by atoms with Gasteiger partial charge >= 0.3 is 0 Å². The number of Topliss-reactive ketones (excluding diaryl/α,β-unsaturated/α-hetero) is 1. The summed E-state index contributed by atoms with van der Waals surface area (Å²) in [6.45, 7) is 3.54. The summed E-state index contributed by atoms with van der Waals surface area (Å²) in [7, 11) is 1.82. The van der Waals surface area contributed by atoms with Crippen molar-refractivity contribution in [2.75, 3.05) is 13.6 Å². The molecule has 1 aromatic carbocycles. The van der Waals surface area contributed by atoms with Crippen molar-refractivity contribution in [2.45, 2.75) is 76.9 Å². The van der Waals surface area contributed by atoms with Gasteiger partial charge in [-0.15, -0.1) is 0 Å². The van der Waals surface area contributed by atoms with Crippen LogP contribution in [0.3, 0.4) is 0 Å². The fourth-order valence-electron chi connectivity index (χ4n) is 5.69. The van der Waals surface area contributed by atoms with Crippen LogP contribution in [0.15, 0.2) is 48.8 Å². The number of likely N-dealkylation sites (N-methyl/N-ethyl adjacent to an activating group) is 1. The first-order chi connectivity index (χ1) is 16.1. The Kier molecular flexibility index (Phi) is 8.02. The molecule has 1 aliphatic carbocycles. The molecule has 2 aliphatic rings. The second-order valence-corrected chi connectivity index (χ2v) is 9.98. The van der Waals surface area contributed by atoms with E-state index < -0.39 is 0 Å². The second-order valence-electron chi connectivity index (χ2n) is 9.98. The third-order valence-corrected chi connectivity index (χ3v) is 7.78. The van der Waals surface area contributed by atoms with E-state index in [0.29, 0.717) is 12.3 Å². The normalized spacial score (nSPS) is 21.2. The molecule has 1 saturated carbocycles. The van der Waals surface area contributed by atoms with E-state index in [1.54, 1.807) is 0 Å². The van der Waals surface area contributed by atoms with Crippen LogP contribution in [0.4, 0.5) is 0 Å². The molecule has 3 atom stereocenters. The van der Waals surface area contributed by atoms with Gasteiger partial charge in [0, 0.05) is 37.8 Å². The largest absolute Gasteiger partial charge is 0.350 e. The molecule has 0 unspecified atom stereocenters. The van der Waals surface area contributed by atoms with Crippen LogP contribution in [0.5, 0.6) is 0 Å². The number of carbonyl (C=O) groups is 2. The maximum Gasteiger partial charge on any atom is 0.226 e. The molecule has 2 heterocycles. The van der Waals surface area contributed by atoms with Crippen molar-refractivity contribution in [3.63, 3.8) is 0 Å². The fourth-order valence-corrected chi connectivity index (χ4v) is 5.69. The molecule has 2 fully saturated rings. The highest BCUT2D eigenvalue weighted by Gasteiger charge is 2.39. The molecule has 5 heteroatoms. The lowest BCUT2D eigenvalue weighted by Crippen LogP contribution is -2.42. The van der Waals surface area contributed by atoms with Gasteiger partial charge in [0.05, 0.1) is 12.1 Å². The van der Waals surface area contributed by atoms with E-state index in [2.05, 4.69) is 57.5 Å². The Bertz CT molecular complexity index is 916. The van der Waals surface area contributed by atoms with Crippen LogP contribution in [0.25, 0.3) is 0 Å². The molecular formula is C28H39N3O2. The highest BCUT2D eigenvalue weighted by molar-refractivity contribution is 5.90. The van der Waals surface area contributed by atoms with E-state index >= 15 is 0 Å². The Labute approximate surface area is 198 Å². The van der Waals surface area contributed by atoms with E-state index in [4.69, 9.17) is 0 Å². The average Bonchev–Trinajstić information content (AvgIpc) is 3.52. The Hall–Kier alpha value is -2.40. The number of ketones is 1. The predicted octanol–water partition coefficient (Wildman–Crippen LogP) is 4.96. The van der Waals surface area contributed by atoms with Crippen molar-refractivity contribution in [3.8, 4) is 0 Å². The zero-order chi connectivity index (χ0) is 23.2. The minimum Gasteiger partial charge on any atom is -0.350 e. The molecule has 0 radical (unpaired) electrons. The third-order valence-electron chi connectivity index (χ3n) is 7.78. The average molecular weight is 450 g/mol. The number of nitrogens with zero attached hydrogens (tertiary/aromatic N) is 2. The SMILES string of the molecule is CN[C@@H](C)C(=O)C[C@H](C(=O)N1CCC[C@H]1c1ccn(Cc2ccccc2)c1)C1CCCCC1. The van der Waals surface area contributed by atoms with E-state index in [1.807, 2.05) is 20.0 Å². The predicted molar refractivity (Wildman–Crippen MR) is 132 cm³/mol. The highest BCUT2D eigenvalue weighted by Crippen LogP contribution is 2.38. The summed E-state index contributed by atoms with van der Waals surface area (Å²) in [4.78, 5) is 28.9. The summed E-state index contributed by atoms with van der Waals surface area (Å²) in [6.07, 6.45) is 12.5. The van der Waals surface area contributed by atoms with E-state index in [1.165, 1.54) is 30.4 Å². The molecule has 2 aromatic rings. The molecule has 1 aliphatic heterocycles. The summed E-state index contributed by atoms with van der Waals surface area (Å²) < 4.78 is 2.21. The highest BCUT2D eigenvalue weighted by atomic mass is 16.2. The van der Waals surface area contributed by atoms with Gasteiger partial charge in [0.1, 0.15) is 5.78 Å². The molecule has 178 valence electrons. The Balaban J connectivity index is 1.50. The summed E-state index contributed by atoms with van der Waals surface area (Å²) in [5.41, 5.74) is 2.49. The molecular weight excluding hydrogens is 410 g/mol. The minimum absolute atomic E-state index is 0.123. The van der Waals surface area contributed by atoms with Crippen LogP contribution in [-0.2, 0) is 16.1 Å². The van der Waals surface area contributed by atoms with Gasteiger partial charge in [-0.05, 0) is 62.8 Å². The molecule has 1 N–H and O–H groups in total. The van der Waals surface area contributed by atoms with Crippen LogP contribution < -0.4 is 5.32 Å². The zero-order valence-corrected chi connectivity index (χ0v) is 20.2. The number of aromatic nitrogens is 1. The van der Waals surface area contributed by atoms with Crippen LogP contribution in [0.1, 0.15) is 75.5 Å². The van der Waals surface area contributed by atoms with Gasteiger partial charge in [0.2, 0.25) is 5.91 Å². The third kappa shape index (κ3) is 5.75. The maximum absolute atomic E-state index is 13.9. The van der Waals surface area contributed by atoms with Crippen LogP contribution in [0, 0.1) is 11.8 Å². The lowest BCUT2D eigenvalue weighted by molar-refractivity contribution is -0.141. The first-order valence-electron chi connectivity index (χ1n) is 12.8.